The molecule has 0 bridgehead atoms. The van der Waals surface area contributed by atoms with Crippen LogP contribution in [0.2, 0.25) is 0 Å². The Hall–Kier alpha value is -3.38. The van der Waals surface area contributed by atoms with E-state index in [1.54, 1.807) is 18.2 Å². The largest absolute Gasteiger partial charge is 0.508 e. The Morgan fingerprint density at radius 1 is 0.967 bits per heavy atom. The Morgan fingerprint density at radius 2 is 1.63 bits per heavy atom. The van der Waals surface area contributed by atoms with E-state index in [4.69, 9.17) is 4.74 Å². The Balaban J connectivity index is 1.65. The smallest absolute Gasteiger partial charge is 0.415 e. The molecule has 154 valence electrons. The van der Waals surface area contributed by atoms with Crippen molar-refractivity contribution in [1.29, 1.82) is 0 Å². The number of aryl methyl sites for hydroxylation is 1. The molecule has 0 aromatic heterocycles. The number of phenolic OH excluding ortho intramolecular Hbond substituents is 1. The maximum absolute atomic E-state index is 13.4. The zero-order valence-corrected chi connectivity index (χ0v) is 16.2. The van der Waals surface area contributed by atoms with Crippen LogP contribution in [0.25, 0.3) is 0 Å². The Morgan fingerprint density at radius 3 is 2.33 bits per heavy atom. The van der Waals surface area contributed by atoms with Crippen molar-refractivity contribution in [2.45, 2.75) is 31.1 Å². The fourth-order valence-corrected chi connectivity index (χ4v) is 3.83. The summed E-state index contributed by atoms with van der Waals surface area (Å²) in [5.41, 5.74) is 1.94. The van der Waals surface area contributed by atoms with Gasteiger partial charge in [-0.15, -0.1) is 0 Å². The van der Waals surface area contributed by atoms with E-state index in [0.717, 1.165) is 5.56 Å². The van der Waals surface area contributed by atoms with Crippen LogP contribution in [-0.2, 0) is 11.2 Å². The van der Waals surface area contributed by atoms with Crippen molar-refractivity contribution in [3.8, 4) is 5.75 Å². The maximum atomic E-state index is 13.4. The van der Waals surface area contributed by atoms with Crippen LogP contribution in [0.5, 0.6) is 5.75 Å². The monoisotopic (exact) mass is 407 g/mol. The summed E-state index contributed by atoms with van der Waals surface area (Å²) in [7, 11) is 0. The molecule has 4 rings (SSSR count). The second-order valence-corrected chi connectivity index (χ2v) is 7.29. The molecule has 3 aromatic rings. The van der Waals surface area contributed by atoms with E-state index in [1.807, 2.05) is 30.3 Å². The van der Waals surface area contributed by atoms with E-state index in [1.165, 1.54) is 35.2 Å². The molecule has 6 heteroatoms. The number of anilines is 1. The predicted octanol–water partition coefficient (Wildman–Crippen LogP) is 4.59. The van der Waals surface area contributed by atoms with Gasteiger partial charge < -0.3 is 14.9 Å². The Kier molecular flexibility index (Phi) is 5.68. The second-order valence-electron chi connectivity index (χ2n) is 7.29. The number of amides is 1. The molecule has 0 saturated carbocycles. The summed E-state index contributed by atoms with van der Waals surface area (Å²) in [4.78, 5) is 14.1. The highest BCUT2D eigenvalue weighted by molar-refractivity contribution is 5.91. The van der Waals surface area contributed by atoms with Crippen molar-refractivity contribution < 1.29 is 24.1 Å². The number of aromatic hydroxyl groups is 1. The number of carbonyl (C=O) groups excluding carboxylic acids is 1. The maximum Gasteiger partial charge on any atom is 0.415 e. The second kappa shape index (κ2) is 8.55. The Bertz CT molecular complexity index is 1010. The van der Waals surface area contributed by atoms with Gasteiger partial charge >= 0.3 is 6.09 Å². The highest BCUT2D eigenvalue weighted by atomic mass is 19.1. The fraction of sp³-hybridized carbons (Fsp3) is 0.208. The van der Waals surface area contributed by atoms with Gasteiger partial charge in [0.1, 0.15) is 17.6 Å². The number of aliphatic hydroxyl groups excluding tert-OH is 1. The summed E-state index contributed by atoms with van der Waals surface area (Å²) >= 11 is 0. The number of nitrogens with zero attached hydrogens (tertiary/aromatic N) is 1. The number of cyclic esters (lactones) is 1. The normalized spacial score (nSPS) is 19.5. The van der Waals surface area contributed by atoms with Crippen molar-refractivity contribution in [2.24, 2.45) is 0 Å². The zero-order valence-electron chi connectivity index (χ0n) is 16.2. The third-order valence-corrected chi connectivity index (χ3v) is 5.33. The molecule has 1 amide bonds. The van der Waals surface area contributed by atoms with Crippen LogP contribution in [0.15, 0.2) is 78.9 Å². The van der Waals surface area contributed by atoms with Gasteiger partial charge in [-0.1, -0.05) is 48.5 Å². The molecule has 1 fully saturated rings. The van der Waals surface area contributed by atoms with Crippen LogP contribution >= 0.6 is 0 Å². The third kappa shape index (κ3) is 4.00. The number of aliphatic hydroxyl groups is 1. The average molecular weight is 407 g/mol. The first-order valence-corrected chi connectivity index (χ1v) is 9.80. The topological polar surface area (TPSA) is 70.0 Å². The van der Waals surface area contributed by atoms with Crippen LogP contribution in [0.3, 0.4) is 0 Å². The number of rotatable bonds is 6. The SMILES string of the molecule is O=C1O[C@H]([C@H](O)CCc2ccccc2)[C@@H](c2ccccc2O)N1c1ccc(F)cc1. The van der Waals surface area contributed by atoms with Crippen molar-refractivity contribution >= 4 is 11.8 Å². The minimum Gasteiger partial charge on any atom is -0.508 e. The Labute approximate surface area is 174 Å². The quantitative estimate of drug-likeness (QED) is 0.627. The minimum absolute atomic E-state index is 0.00632. The lowest BCUT2D eigenvalue weighted by molar-refractivity contribution is 0.0143. The molecule has 5 nitrogen and oxygen atoms in total. The van der Waals surface area contributed by atoms with E-state index in [-0.39, 0.29) is 5.75 Å². The van der Waals surface area contributed by atoms with Gasteiger partial charge in [0.2, 0.25) is 0 Å². The summed E-state index contributed by atoms with van der Waals surface area (Å²) in [5.74, 6) is -0.432. The van der Waals surface area contributed by atoms with Gasteiger partial charge in [0.15, 0.2) is 6.10 Å². The molecule has 3 atom stereocenters. The number of para-hydroxylation sites is 1. The van der Waals surface area contributed by atoms with Crippen LogP contribution < -0.4 is 4.90 Å². The van der Waals surface area contributed by atoms with Gasteiger partial charge in [-0.2, -0.15) is 0 Å². The van der Waals surface area contributed by atoms with Crippen LogP contribution in [0, 0.1) is 5.82 Å². The molecule has 30 heavy (non-hydrogen) atoms. The van der Waals surface area contributed by atoms with Gasteiger partial charge in [0.05, 0.1) is 6.10 Å². The van der Waals surface area contributed by atoms with E-state index in [9.17, 15) is 19.4 Å². The van der Waals surface area contributed by atoms with Crippen LogP contribution in [-0.4, -0.2) is 28.5 Å². The number of hydrogen-bond acceptors (Lipinski definition) is 4. The lowest BCUT2D eigenvalue weighted by Gasteiger charge is -2.28. The van der Waals surface area contributed by atoms with Crippen LogP contribution in [0.1, 0.15) is 23.6 Å². The molecule has 0 spiro atoms. The first kappa shape index (κ1) is 19.9. The van der Waals surface area contributed by atoms with Gasteiger partial charge in [-0.25, -0.2) is 9.18 Å². The molecule has 0 unspecified atom stereocenters. The standard InChI is InChI=1S/C24H22FNO4/c25-17-11-13-18(14-12-17)26-22(19-8-4-5-9-20(19)27)23(30-24(26)29)21(28)15-10-16-6-2-1-3-7-16/h1-9,11-14,21-23,27-28H,10,15H2/t21-,22-,23-/m1/s1. The summed E-state index contributed by atoms with van der Waals surface area (Å²) in [6, 6.07) is 21.1. The van der Waals surface area contributed by atoms with E-state index in [0.29, 0.717) is 24.1 Å². The molecule has 2 N–H and O–H groups in total. The molecular weight excluding hydrogens is 385 g/mol. The summed E-state index contributed by atoms with van der Waals surface area (Å²) < 4.78 is 19.0. The van der Waals surface area contributed by atoms with Gasteiger partial charge in [-0.3, -0.25) is 4.90 Å². The molecular formula is C24H22FNO4. The molecule has 3 aromatic carbocycles. The average Bonchev–Trinajstić information content (AvgIpc) is 3.10. The van der Waals surface area contributed by atoms with Crippen molar-refractivity contribution in [3.05, 3.63) is 95.8 Å². The van der Waals surface area contributed by atoms with E-state index in [2.05, 4.69) is 0 Å². The van der Waals surface area contributed by atoms with Gasteiger partial charge in [0.25, 0.3) is 0 Å². The molecule has 0 aliphatic carbocycles. The number of benzene rings is 3. The molecule has 0 radical (unpaired) electrons. The predicted molar refractivity (Wildman–Crippen MR) is 111 cm³/mol. The molecule has 1 aliphatic heterocycles. The van der Waals surface area contributed by atoms with Crippen molar-refractivity contribution in [1.82, 2.24) is 0 Å². The van der Waals surface area contributed by atoms with E-state index >= 15 is 0 Å². The van der Waals surface area contributed by atoms with Gasteiger partial charge in [-0.05, 0) is 48.7 Å². The first-order chi connectivity index (χ1) is 14.5. The summed E-state index contributed by atoms with van der Waals surface area (Å²) in [5, 5.41) is 21.4. The highest BCUT2D eigenvalue weighted by Crippen LogP contribution is 2.42. The number of hydrogen-bond donors (Lipinski definition) is 2. The lowest BCUT2D eigenvalue weighted by Crippen LogP contribution is -2.35. The number of phenols is 1. The molecule has 1 saturated heterocycles. The fourth-order valence-electron chi connectivity index (χ4n) is 3.83. The number of carbonyl (C=O) groups is 1. The highest BCUT2D eigenvalue weighted by Gasteiger charge is 2.47. The van der Waals surface area contributed by atoms with Gasteiger partial charge in [0, 0.05) is 11.3 Å². The number of ether oxygens (including phenoxy) is 1. The molecule has 1 aliphatic rings. The summed E-state index contributed by atoms with van der Waals surface area (Å²) in [6.45, 7) is 0. The zero-order chi connectivity index (χ0) is 21.1. The van der Waals surface area contributed by atoms with E-state index < -0.39 is 30.2 Å². The minimum atomic E-state index is -0.954. The van der Waals surface area contributed by atoms with Crippen molar-refractivity contribution in [2.75, 3.05) is 4.90 Å². The molecule has 1 heterocycles. The third-order valence-electron chi connectivity index (χ3n) is 5.33. The van der Waals surface area contributed by atoms with Crippen molar-refractivity contribution in [3.63, 3.8) is 0 Å². The number of halogens is 1. The lowest BCUT2D eigenvalue weighted by atomic mass is 9.93. The first-order valence-electron chi connectivity index (χ1n) is 9.80. The summed E-state index contributed by atoms with van der Waals surface area (Å²) in [6.07, 6.45) is -1.51. The van der Waals surface area contributed by atoms with Crippen LogP contribution in [0.4, 0.5) is 14.9 Å².